The van der Waals surface area contributed by atoms with Gasteiger partial charge in [-0.3, -0.25) is 0 Å². The molecule has 2 N–H and O–H groups in total. The molecule has 0 fully saturated rings. The Hall–Kier alpha value is -0.540. The Morgan fingerprint density at radius 3 is 2.42 bits per heavy atom. The summed E-state index contributed by atoms with van der Waals surface area (Å²) < 4.78 is 4.75. The lowest BCUT2D eigenvalue weighted by atomic mass is 10.1. The second kappa shape index (κ2) is 7.13. The van der Waals surface area contributed by atoms with Crippen LogP contribution in [0, 0.1) is 5.92 Å². The predicted molar refractivity (Wildman–Crippen MR) is 51.2 cm³/mol. The molecule has 0 aromatic carbocycles. The second-order valence-electron chi connectivity index (χ2n) is 2.60. The van der Waals surface area contributed by atoms with Gasteiger partial charge in [-0.15, -0.1) is 12.4 Å². The summed E-state index contributed by atoms with van der Waals surface area (Å²) in [5.41, 5.74) is 5.64. The van der Waals surface area contributed by atoms with Crippen molar-refractivity contribution in [1.29, 1.82) is 0 Å². The van der Waals surface area contributed by atoms with E-state index in [4.69, 9.17) is 10.5 Å². The third-order valence-corrected chi connectivity index (χ3v) is 1.31. The minimum Gasteiger partial charge on any atom is -0.461 e. The van der Waals surface area contributed by atoms with Crippen molar-refractivity contribution in [2.45, 2.75) is 13.8 Å². The van der Waals surface area contributed by atoms with Gasteiger partial charge in [0.1, 0.15) is 6.61 Å². The summed E-state index contributed by atoms with van der Waals surface area (Å²) in [4.78, 5) is 11.0. The van der Waals surface area contributed by atoms with E-state index in [0.717, 1.165) is 0 Å². The zero-order valence-electron chi connectivity index (χ0n) is 7.50. The van der Waals surface area contributed by atoms with Crippen LogP contribution in [0.4, 0.5) is 0 Å². The Morgan fingerprint density at radius 2 is 2.08 bits per heavy atom. The smallest absolute Gasteiger partial charge is 0.333 e. The van der Waals surface area contributed by atoms with Crippen LogP contribution < -0.4 is 5.73 Å². The number of hydrogen-bond acceptors (Lipinski definition) is 3. The van der Waals surface area contributed by atoms with Gasteiger partial charge in [-0.2, -0.15) is 0 Å². The van der Waals surface area contributed by atoms with Gasteiger partial charge in [0.25, 0.3) is 0 Å². The minimum atomic E-state index is -0.342. The molecule has 0 aliphatic heterocycles. The van der Waals surface area contributed by atoms with Crippen LogP contribution in [0.25, 0.3) is 0 Å². The Balaban J connectivity index is 0. The molecule has 0 rings (SSSR count). The quantitative estimate of drug-likeness (QED) is 0.538. The fraction of sp³-hybridized carbons (Fsp3) is 0.625. The normalized spacial score (nSPS) is 9.00. The Morgan fingerprint density at radius 1 is 1.58 bits per heavy atom. The zero-order chi connectivity index (χ0) is 8.85. The highest BCUT2D eigenvalue weighted by Crippen LogP contribution is 2.07. The van der Waals surface area contributed by atoms with E-state index in [2.05, 4.69) is 6.58 Å². The Bertz CT molecular complexity index is 157. The lowest BCUT2D eigenvalue weighted by Gasteiger charge is -2.07. The van der Waals surface area contributed by atoms with Crippen LogP contribution in [0.15, 0.2) is 12.2 Å². The molecular weight excluding hydrogens is 178 g/mol. The van der Waals surface area contributed by atoms with Crippen LogP contribution >= 0.6 is 12.4 Å². The molecular formula is C8H16ClNO2. The number of carbonyl (C=O) groups is 1. The number of rotatable bonds is 4. The summed E-state index contributed by atoms with van der Waals surface area (Å²) >= 11 is 0. The van der Waals surface area contributed by atoms with Gasteiger partial charge in [-0.1, -0.05) is 20.4 Å². The largest absolute Gasteiger partial charge is 0.461 e. The first-order valence-corrected chi connectivity index (χ1v) is 3.65. The predicted octanol–water partition coefficient (Wildman–Crippen LogP) is 1.12. The van der Waals surface area contributed by atoms with Crippen molar-refractivity contribution in [2.24, 2.45) is 11.7 Å². The van der Waals surface area contributed by atoms with Crippen LogP contribution in [0.3, 0.4) is 0 Å². The highest BCUT2D eigenvalue weighted by molar-refractivity contribution is 5.88. The Labute approximate surface area is 79.4 Å². The first kappa shape index (κ1) is 14.0. The maximum atomic E-state index is 11.0. The molecule has 0 aliphatic rings. The van der Waals surface area contributed by atoms with Crippen LogP contribution in [-0.2, 0) is 9.53 Å². The average Bonchev–Trinajstić information content (AvgIpc) is 1.98. The molecule has 0 saturated carbocycles. The molecule has 0 aliphatic carbocycles. The number of hydrogen-bond donors (Lipinski definition) is 1. The third-order valence-electron chi connectivity index (χ3n) is 1.31. The zero-order valence-corrected chi connectivity index (χ0v) is 8.32. The van der Waals surface area contributed by atoms with Gasteiger partial charge in [0, 0.05) is 12.1 Å². The van der Waals surface area contributed by atoms with Crippen molar-refractivity contribution >= 4 is 18.4 Å². The van der Waals surface area contributed by atoms with E-state index in [-0.39, 0.29) is 30.9 Å². The van der Waals surface area contributed by atoms with Crippen LogP contribution in [0.5, 0.6) is 0 Å². The standard InChI is InChI=1S/C8H15NO2.ClH/c1-6(2)7(3)8(10)11-5-4-9;/h6H,3-5,9H2,1-2H3;1H. The van der Waals surface area contributed by atoms with Crippen molar-refractivity contribution in [3.63, 3.8) is 0 Å². The van der Waals surface area contributed by atoms with Gasteiger partial charge >= 0.3 is 5.97 Å². The summed E-state index contributed by atoms with van der Waals surface area (Å²) in [6, 6.07) is 0. The number of esters is 1. The van der Waals surface area contributed by atoms with Gasteiger partial charge in [0.15, 0.2) is 0 Å². The molecule has 0 unspecified atom stereocenters. The lowest BCUT2D eigenvalue weighted by Crippen LogP contribution is -2.16. The molecule has 0 atom stereocenters. The average molecular weight is 194 g/mol. The van der Waals surface area contributed by atoms with Gasteiger partial charge in [0.2, 0.25) is 0 Å². The van der Waals surface area contributed by atoms with E-state index in [0.29, 0.717) is 12.1 Å². The number of nitrogens with two attached hydrogens (primary N) is 1. The van der Waals surface area contributed by atoms with E-state index in [1.807, 2.05) is 13.8 Å². The molecule has 0 heterocycles. The summed E-state index contributed by atoms with van der Waals surface area (Å²) in [6.07, 6.45) is 0. The highest BCUT2D eigenvalue weighted by Gasteiger charge is 2.10. The maximum absolute atomic E-state index is 11.0. The van der Waals surface area contributed by atoms with E-state index in [1.165, 1.54) is 0 Å². The van der Waals surface area contributed by atoms with Crippen LogP contribution in [-0.4, -0.2) is 19.1 Å². The summed E-state index contributed by atoms with van der Waals surface area (Å²) in [5.74, 6) is -0.203. The summed E-state index contributed by atoms with van der Waals surface area (Å²) in [6.45, 7) is 8.01. The monoisotopic (exact) mass is 193 g/mol. The topological polar surface area (TPSA) is 52.3 Å². The lowest BCUT2D eigenvalue weighted by molar-refractivity contribution is -0.139. The van der Waals surface area contributed by atoms with Crippen molar-refractivity contribution in [2.75, 3.05) is 13.2 Å². The van der Waals surface area contributed by atoms with E-state index >= 15 is 0 Å². The molecule has 0 radical (unpaired) electrons. The molecule has 72 valence electrons. The van der Waals surface area contributed by atoms with Crippen LogP contribution in [0.2, 0.25) is 0 Å². The van der Waals surface area contributed by atoms with E-state index in [9.17, 15) is 4.79 Å². The van der Waals surface area contributed by atoms with Crippen molar-refractivity contribution in [3.8, 4) is 0 Å². The first-order valence-electron chi connectivity index (χ1n) is 3.65. The molecule has 12 heavy (non-hydrogen) atoms. The molecule has 0 saturated heterocycles. The SMILES string of the molecule is C=C(C(=O)OCCN)C(C)C.Cl. The molecule has 0 bridgehead atoms. The minimum absolute atomic E-state index is 0. The third kappa shape index (κ3) is 5.16. The fourth-order valence-electron chi connectivity index (χ4n) is 0.480. The Kier molecular flexibility index (Phi) is 8.32. The van der Waals surface area contributed by atoms with Gasteiger partial charge < -0.3 is 10.5 Å². The van der Waals surface area contributed by atoms with Crippen molar-refractivity contribution in [1.82, 2.24) is 0 Å². The molecule has 4 heteroatoms. The molecule has 0 spiro atoms. The molecule has 0 aromatic rings. The number of ether oxygens (including phenoxy) is 1. The van der Waals surface area contributed by atoms with E-state index < -0.39 is 0 Å². The first-order chi connectivity index (χ1) is 5.09. The molecule has 3 nitrogen and oxygen atoms in total. The summed E-state index contributed by atoms with van der Waals surface area (Å²) in [7, 11) is 0. The van der Waals surface area contributed by atoms with Crippen molar-refractivity contribution in [3.05, 3.63) is 12.2 Å². The highest BCUT2D eigenvalue weighted by atomic mass is 35.5. The van der Waals surface area contributed by atoms with Gasteiger partial charge in [0.05, 0.1) is 0 Å². The molecule has 0 aromatic heterocycles. The number of halogens is 1. The van der Waals surface area contributed by atoms with Gasteiger partial charge in [-0.25, -0.2) is 4.79 Å². The summed E-state index contributed by atoms with van der Waals surface area (Å²) in [5, 5.41) is 0. The van der Waals surface area contributed by atoms with E-state index in [1.54, 1.807) is 0 Å². The maximum Gasteiger partial charge on any atom is 0.333 e. The second-order valence-corrected chi connectivity index (χ2v) is 2.60. The fourth-order valence-corrected chi connectivity index (χ4v) is 0.480. The number of carbonyl (C=O) groups excluding carboxylic acids is 1. The molecule has 0 amide bonds. The van der Waals surface area contributed by atoms with Crippen molar-refractivity contribution < 1.29 is 9.53 Å². The van der Waals surface area contributed by atoms with Crippen LogP contribution in [0.1, 0.15) is 13.8 Å². The van der Waals surface area contributed by atoms with Gasteiger partial charge in [-0.05, 0) is 5.92 Å².